The molecule has 0 bridgehead atoms. The summed E-state index contributed by atoms with van der Waals surface area (Å²) < 4.78 is 0. The molecular weight excluding hydrogens is 276 g/mol. The van der Waals surface area contributed by atoms with Crippen LogP contribution in [0.1, 0.15) is 16.1 Å². The van der Waals surface area contributed by atoms with E-state index in [0.717, 1.165) is 5.56 Å². The number of carbonyl (C=O) groups is 1. The molecule has 1 heterocycles. The van der Waals surface area contributed by atoms with Crippen LogP contribution in [-0.2, 0) is 6.42 Å². The fourth-order valence-corrected chi connectivity index (χ4v) is 2.26. The van der Waals surface area contributed by atoms with Gasteiger partial charge in [0.25, 0.3) is 0 Å². The molecule has 0 fully saturated rings. The first kappa shape index (κ1) is 13.9. The molecular formula is C18H14N2O2. The monoisotopic (exact) mass is 290 g/mol. The molecule has 0 spiro atoms. The number of hydrogen-bond donors (Lipinski definition) is 1. The standard InChI is InChI=1S/C18H14N2O2/c21-17(14-9-5-2-6-10-14)12-15-11-16(20-18(22)19-15)13-7-3-1-4-8-13/h1-11H,12H2,(H,19,20,22). The van der Waals surface area contributed by atoms with Gasteiger partial charge in [-0.2, -0.15) is 4.98 Å². The zero-order chi connectivity index (χ0) is 15.4. The molecule has 0 saturated heterocycles. The van der Waals surface area contributed by atoms with Crippen LogP contribution in [0.4, 0.5) is 0 Å². The summed E-state index contributed by atoms with van der Waals surface area (Å²) in [5, 5.41) is 0. The topological polar surface area (TPSA) is 62.8 Å². The molecule has 0 aliphatic heterocycles. The zero-order valence-electron chi connectivity index (χ0n) is 11.8. The third-order valence-electron chi connectivity index (χ3n) is 3.32. The maximum atomic E-state index is 12.2. The Morgan fingerprint density at radius 1 is 0.955 bits per heavy atom. The second kappa shape index (κ2) is 6.18. The molecule has 0 radical (unpaired) electrons. The first-order valence-electron chi connectivity index (χ1n) is 6.96. The van der Waals surface area contributed by atoms with E-state index in [9.17, 15) is 9.59 Å². The molecule has 1 N–H and O–H groups in total. The van der Waals surface area contributed by atoms with Crippen LogP contribution >= 0.6 is 0 Å². The lowest BCUT2D eigenvalue weighted by Gasteiger charge is -2.04. The van der Waals surface area contributed by atoms with E-state index in [1.807, 2.05) is 48.5 Å². The predicted octanol–water partition coefficient (Wildman–Crippen LogP) is 2.86. The summed E-state index contributed by atoms with van der Waals surface area (Å²) >= 11 is 0. The van der Waals surface area contributed by atoms with Crippen LogP contribution in [0.25, 0.3) is 11.3 Å². The van der Waals surface area contributed by atoms with E-state index in [2.05, 4.69) is 9.97 Å². The van der Waals surface area contributed by atoms with Gasteiger partial charge in [-0.05, 0) is 6.07 Å². The van der Waals surface area contributed by atoms with E-state index in [0.29, 0.717) is 17.0 Å². The summed E-state index contributed by atoms with van der Waals surface area (Å²) in [6, 6.07) is 20.2. The Kier molecular flexibility index (Phi) is 3.92. The third kappa shape index (κ3) is 3.17. The minimum absolute atomic E-state index is 0.0403. The number of nitrogens with one attached hydrogen (secondary N) is 1. The number of nitrogens with zero attached hydrogens (tertiary/aromatic N) is 1. The van der Waals surface area contributed by atoms with Crippen molar-refractivity contribution in [3.8, 4) is 11.3 Å². The van der Waals surface area contributed by atoms with Crippen LogP contribution in [0.3, 0.4) is 0 Å². The lowest BCUT2D eigenvalue weighted by atomic mass is 10.1. The van der Waals surface area contributed by atoms with Gasteiger partial charge in [0.1, 0.15) is 0 Å². The van der Waals surface area contributed by atoms with E-state index in [1.54, 1.807) is 18.2 Å². The van der Waals surface area contributed by atoms with E-state index in [4.69, 9.17) is 0 Å². The van der Waals surface area contributed by atoms with E-state index in [1.165, 1.54) is 0 Å². The van der Waals surface area contributed by atoms with Crippen LogP contribution in [-0.4, -0.2) is 15.8 Å². The number of ketones is 1. The molecule has 0 atom stereocenters. The number of rotatable bonds is 4. The first-order chi connectivity index (χ1) is 10.7. The average Bonchev–Trinajstić information content (AvgIpc) is 2.56. The highest BCUT2D eigenvalue weighted by molar-refractivity contribution is 5.97. The van der Waals surface area contributed by atoms with Gasteiger partial charge in [0, 0.05) is 16.8 Å². The Bertz CT molecular complexity index is 840. The Hall–Kier alpha value is -3.01. The number of carbonyl (C=O) groups excluding carboxylic acids is 1. The van der Waals surface area contributed by atoms with Crippen LogP contribution in [0, 0.1) is 0 Å². The summed E-state index contributed by atoms with van der Waals surface area (Å²) in [5.74, 6) is -0.0403. The van der Waals surface area contributed by atoms with Crippen LogP contribution in [0.15, 0.2) is 71.5 Å². The second-order valence-corrected chi connectivity index (χ2v) is 4.93. The summed E-state index contributed by atoms with van der Waals surface area (Å²) in [6.45, 7) is 0. The molecule has 22 heavy (non-hydrogen) atoms. The number of H-pyrrole nitrogens is 1. The molecule has 0 saturated carbocycles. The fourth-order valence-electron chi connectivity index (χ4n) is 2.26. The lowest BCUT2D eigenvalue weighted by Crippen LogP contribution is -2.16. The van der Waals surface area contributed by atoms with Gasteiger partial charge in [-0.1, -0.05) is 60.7 Å². The van der Waals surface area contributed by atoms with Crippen LogP contribution < -0.4 is 5.69 Å². The quantitative estimate of drug-likeness (QED) is 0.751. The highest BCUT2D eigenvalue weighted by atomic mass is 16.1. The predicted molar refractivity (Wildman–Crippen MR) is 84.8 cm³/mol. The van der Waals surface area contributed by atoms with Crippen molar-refractivity contribution in [3.05, 3.63) is 88.5 Å². The highest BCUT2D eigenvalue weighted by Gasteiger charge is 2.09. The van der Waals surface area contributed by atoms with Gasteiger partial charge in [-0.25, -0.2) is 4.79 Å². The van der Waals surface area contributed by atoms with Crippen LogP contribution in [0.5, 0.6) is 0 Å². The third-order valence-corrected chi connectivity index (χ3v) is 3.32. The van der Waals surface area contributed by atoms with Crippen molar-refractivity contribution in [1.29, 1.82) is 0 Å². The van der Waals surface area contributed by atoms with E-state index < -0.39 is 5.69 Å². The Balaban J connectivity index is 1.91. The number of benzene rings is 2. The molecule has 0 aliphatic carbocycles. The fraction of sp³-hybridized carbons (Fsp3) is 0.0556. The Morgan fingerprint density at radius 2 is 1.59 bits per heavy atom. The van der Waals surface area contributed by atoms with Gasteiger partial charge in [-0.15, -0.1) is 0 Å². The number of hydrogen-bond acceptors (Lipinski definition) is 3. The molecule has 1 aromatic heterocycles. The molecule has 108 valence electrons. The molecule has 3 aromatic rings. The molecule has 0 unspecified atom stereocenters. The average molecular weight is 290 g/mol. The van der Waals surface area contributed by atoms with E-state index >= 15 is 0 Å². The maximum absolute atomic E-state index is 12.2. The second-order valence-electron chi connectivity index (χ2n) is 4.93. The maximum Gasteiger partial charge on any atom is 0.345 e. The van der Waals surface area contributed by atoms with Gasteiger partial charge in [-0.3, -0.25) is 4.79 Å². The molecule has 0 aliphatic rings. The van der Waals surface area contributed by atoms with Crippen molar-refractivity contribution in [1.82, 2.24) is 9.97 Å². The summed E-state index contributed by atoms with van der Waals surface area (Å²) in [7, 11) is 0. The summed E-state index contributed by atoms with van der Waals surface area (Å²) in [5.41, 5.74) is 2.16. The zero-order valence-corrected chi connectivity index (χ0v) is 11.8. The van der Waals surface area contributed by atoms with Crippen LogP contribution in [0.2, 0.25) is 0 Å². The Morgan fingerprint density at radius 3 is 2.27 bits per heavy atom. The van der Waals surface area contributed by atoms with Gasteiger partial charge in [0.2, 0.25) is 0 Å². The Labute approximate surface area is 127 Å². The minimum atomic E-state index is -0.447. The van der Waals surface area contributed by atoms with Gasteiger partial charge in [0.05, 0.1) is 12.1 Å². The molecule has 4 heteroatoms. The normalized spacial score (nSPS) is 10.4. The van der Waals surface area contributed by atoms with Crippen molar-refractivity contribution >= 4 is 5.78 Å². The lowest BCUT2D eigenvalue weighted by molar-refractivity contribution is 0.0992. The largest absolute Gasteiger partial charge is 0.345 e. The van der Waals surface area contributed by atoms with Crippen molar-refractivity contribution in [2.24, 2.45) is 0 Å². The van der Waals surface area contributed by atoms with Crippen molar-refractivity contribution < 1.29 is 4.79 Å². The van der Waals surface area contributed by atoms with Crippen molar-refractivity contribution in [2.75, 3.05) is 0 Å². The van der Waals surface area contributed by atoms with Gasteiger partial charge >= 0.3 is 5.69 Å². The first-order valence-corrected chi connectivity index (χ1v) is 6.96. The van der Waals surface area contributed by atoms with E-state index in [-0.39, 0.29) is 12.2 Å². The molecule has 3 rings (SSSR count). The number of Topliss-reactive ketones (excluding diaryl/α,β-unsaturated/α-hetero) is 1. The SMILES string of the molecule is O=C(Cc1cc(-c2ccccc2)nc(=O)[nH]1)c1ccccc1. The molecule has 2 aromatic carbocycles. The van der Waals surface area contributed by atoms with Crippen molar-refractivity contribution in [3.63, 3.8) is 0 Å². The molecule has 4 nitrogen and oxygen atoms in total. The summed E-state index contributed by atoms with van der Waals surface area (Å²) in [4.78, 5) is 30.5. The highest BCUT2D eigenvalue weighted by Crippen LogP contribution is 2.16. The summed E-state index contributed by atoms with van der Waals surface area (Å²) in [6.07, 6.45) is 0.140. The number of aromatic amines is 1. The smallest absolute Gasteiger partial charge is 0.309 e. The van der Waals surface area contributed by atoms with Gasteiger partial charge < -0.3 is 4.98 Å². The minimum Gasteiger partial charge on any atom is -0.309 e. The number of aromatic nitrogens is 2. The molecule has 0 amide bonds. The van der Waals surface area contributed by atoms with Crippen molar-refractivity contribution in [2.45, 2.75) is 6.42 Å². The van der Waals surface area contributed by atoms with Gasteiger partial charge in [0.15, 0.2) is 5.78 Å².